The normalized spacial score (nSPS) is 15.5. The molecule has 2 N–H and O–H groups in total. The number of hydrogen-bond donors (Lipinski definition) is 2. The number of aryl methyl sites for hydroxylation is 1. The molecule has 0 bridgehead atoms. The van der Waals surface area contributed by atoms with E-state index < -0.39 is 27.8 Å². The number of rotatable bonds is 5. The van der Waals surface area contributed by atoms with Crippen LogP contribution in [0.1, 0.15) is 24.2 Å². The lowest BCUT2D eigenvalue weighted by molar-refractivity contribution is 0.137. The number of aliphatic hydroxyl groups excluding tert-OH is 2. The van der Waals surface area contributed by atoms with E-state index >= 15 is 0 Å². The van der Waals surface area contributed by atoms with Crippen LogP contribution < -0.4 is 0 Å². The van der Waals surface area contributed by atoms with Gasteiger partial charge < -0.3 is 10.2 Å². The molecule has 0 aromatic heterocycles. The minimum absolute atomic E-state index is 0.0961. The first kappa shape index (κ1) is 14.2. The van der Waals surface area contributed by atoms with Gasteiger partial charge in [0.05, 0.1) is 12.7 Å². The topological polar surface area (TPSA) is 74.6 Å². The van der Waals surface area contributed by atoms with Crippen LogP contribution in [-0.2, 0) is 9.84 Å². The average Bonchev–Trinajstić information content (AvgIpc) is 2.30. The molecule has 0 saturated heterocycles. The zero-order valence-electron chi connectivity index (χ0n) is 10.00. The summed E-state index contributed by atoms with van der Waals surface area (Å²) < 4.78 is 23.5. The monoisotopic (exact) mass is 258 g/mol. The molecule has 2 atom stereocenters. The molecule has 0 saturated carbocycles. The first-order chi connectivity index (χ1) is 7.94. The predicted octanol–water partition coefficient (Wildman–Crippen LogP) is 0.824. The number of sulfone groups is 1. The predicted molar refractivity (Wildman–Crippen MR) is 66.5 cm³/mol. The second-order valence-electron chi connectivity index (χ2n) is 3.97. The third-order valence-electron chi connectivity index (χ3n) is 2.90. The molecule has 17 heavy (non-hydrogen) atoms. The first-order valence-corrected chi connectivity index (χ1v) is 7.21. The Bertz CT molecular complexity index is 467. The van der Waals surface area contributed by atoms with E-state index in [9.17, 15) is 18.6 Å². The van der Waals surface area contributed by atoms with Crippen molar-refractivity contribution in [3.05, 3.63) is 35.4 Å². The van der Waals surface area contributed by atoms with Gasteiger partial charge in [-0.3, -0.25) is 0 Å². The molecule has 0 aliphatic rings. The van der Waals surface area contributed by atoms with Gasteiger partial charge in [0.15, 0.2) is 9.84 Å². The molecule has 0 amide bonds. The van der Waals surface area contributed by atoms with E-state index in [4.69, 9.17) is 0 Å². The SMILES string of the molecule is CCS(=O)(=O)[C@@H](CO)[C@H](O)c1ccccc1C. The van der Waals surface area contributed by atoms with E-state index in [0.717, 1.165) is 5.56 Å². The zero-order valence-corrected chi connectivity index (χ0v) is 10.8. The Morgan fingerprint density at radius 2 is 1.88 bits per heavy atom. The largest absolute Gasteiger partial charge is 0.395 e. The molecule has 4 nitrogen and oxygen atoms in total. The highest BCUT2D eigenvalue weighted by Crippen LogP contribution is 2.25. The van der Waals surface area contributed by atoms with Crippen LogP contribution in [0.4, 0.5) is 0 Å². The van der Waals surface area contributed by atoms with E-state index in [2.05, 4.69) is 0 Å². The fourth-order valence-corrected chi connectivity index (χ4v) is 2.94. The molecule has 0 aliphatic carbocycles. The Hall–Kier alpha value is -0.910. The average molecular weight is 258 g/mol. The van der Waals surface area contributed by atoms with E-state index in [1.54, 1.807) is 25.1 Å². The second kappa shape index (κ2) is 5.62. The van der Waals surface area contributed by atoms with Crippen molar-refractivity contribution >= 4 is 9.84 Å². The number of benzene rings is 1. The summed E-state index contributed by atoms with van der Waals surface area (Å²) in [4.78, 5) is 0. The quantitative estimate of drug-likeness (QED) is 0.820. The summed E-state index contributed by atoms with van der Waals surface area (Å²) in [7, 11) is -3.47. The van der Waals surface area contributed by atoms with Gasteiger partial charge in [0.1, 0.15) is 5.25 Å². The summed E-state index contributed by atoms with van der Waals surface area (Å²) in [6.45, 7) is 2.72. The van der Waals surface area contributed by atoms with E-state index in [1.807, 2.05) is 6.07 Å². The van der Waals surface area contributed by atoms with E-state index in [0.29, 0.717) is 5.56 Å². The molecular formula is C12H18O4S. The third-order valence-corrected chi connectivity index (χ3v) is 5.04. The standard InChI is InChI=1S/C12H18O4S/c1-3-17(15,16)11(8-13)12(14)10-7-5-4-6-9(10)2/h4-7,11-14H,3,8H2,1-2H3/t11-,12+/m0/s1. The van der Waals surface area contributed by atoms with Gasteiger partial charge in [-0.25, -0.2) is 8.42 Å². The van der Waals surface area contributed by atoms with Crippen molar-refractivity contribution in [2.75, 3.05) is 12.4 Å². The third kappa shape index (κ3) is 3.06. The van der Waals surface area contributed by atoms with Gasteiger partial charge in [0.25, 0.3) is 0 Å². The van der Waals surface area contributed by atoms with Crippen molar-refractivity contribution in [1.82, 2.24) is 0 Å². The molecular weight excluding hydrogens is 240 g/mol. The van der Waals surface area contributed by atoms with Crippen LogP contribution in [0, 0.1) is 6.92 Å². The summed E-state index contributed by atoms with van der Waals surface area (Å²) in [5.74, 6) is -0.0961. The Kier molecular flexibility index (Phi) is 4.68. The molecule has 1 rings (SSSR count). The van der Waals surface area contributed by atoms with Gasteiger partial charge in [-0.1, -0.05) is 31.2 Å². The number of hydrogen-bond acceptors (Lipinski definition) is 4. The van der Waals surface area contributed by atoms with Crippen LogP contribution in [0.2, 0.25) is 0 Å². The molecule has 1 aromatic carbocycles. The second-order valence-corrected chi connectivity index (χ2v) is 6.48. The van der Waals surface area contributed by atoms with Crippen LogP contribution in [0.5, 0.6) is 0 Å². The van der Waals surface area contributed by atoms with Gasteiger partial charge in [-0.15, -0.1) is 0 Å². The van der Waals surface area contributed by atoms with Crippen molar-refractivity contribution < 1.29 is 18.6 Å². The minimum atomic E-state index is -3.47. The highest BCUT2D eigenvalue weighted by molar-refractivity contribution is 7.92. The van der Waals surface area contributed by atoms with Crippen molar-refractivity contribution in [3.8, 4) is 0 Å². The maximum absolute atomic E-state index is 11.7. The molecule has 5 heteroatoms. The van der Waals surface area contributed by atoms with Crippen LogP contribution in [0.15, 0.2) is 24.3 Å². The smallest absolute Gasteiger partial charge is 0.158 e. The van der Waals surface area contributed by atoms with Gasteiger partial charge in [0.2, 0.25) is 0 Å². The van der Waals surface area contributed by atoms with Gasteiger partial charge in [0, 0.05) is 5.75 Å². The van der Waals surface area contributed by atoms with Crippen molar-refractivity contribution in [1.29, 1.82) is 0 Å². The van der Waals surface area contributed by atoms with Gasteiger partial charge in [-0.2, -0.15) is 0 Å². The maximum Gasteiger partial charge on any atom is 0.158 e. The van der Waals surface area contributed by atoms with Crippen LogP contribution in [0.25, 0.3) is 0 Å². The van der Waals surface area contributed by atoms with E-state index in [-0.39, 0.29) is 5.75 Å². The number of aliphatic hydroxyl groups is 2. The van der Waals surface area contributed by atoms with Crippen LogP contribution in [0.3, 0.4) is 0 Å². The van der Waals surface area contributed by atoms with Crippen molar-refractivity contribution in [2.24, 2.45) is 0 Å². The van der Waals surface area contributed by atoms with Crippen LogP contribution in [-0.4, -0.2) is 36.2 Å². The Morgan fingerprint density at radius 3 is 2.35 bits per heavy atom. The maximum atomic E-state index is 11.7. The molecule has 0 aliphatic heterocycles. The highest BCUT2D eigenvalue weighted by atomic mass is 32.2. The molecule has 0 radical (unpaired) electrons. The molecule has 0 fully saturated rings. The first-order valence-electron chi connectivity index (χ1n) is 5.50. The lowest BCUT2D eigenvalue weighted by Gasteiger charge is -2.22. The Labute approximate surface area is 102 Å². The lowest BCUT2D eigenvalue weighted by atomic mass is 10.0. The van der Waals surface area contributed by atoms with Crippen molar-refractivity contribution in [2.45, 2.75) is 25.2 Å². The highest BCUT2D eigenvalue weighted by Gasteiger charge is 2.32. The van der Waals surface area contributed by atoms with Crippen molar-refractivity contribution in [3.63, 3.8) is 0 Å². The summed E-state index contributed by atoms with van der Waals surface area (Å²) in [6, 6.07) is 7.02. The summed E-state index contributed by atoms with van der Waals surface area (Å²) in [6.07, 6.45) is -1.19. The van der Waals surface area contributed by atoms with Gasteiger partial charge >= 0.3 is 0 Å². The summed E-state index contributed by atoms with van der Waals surface area (Å²) in [5.41, 5.74) is 1.35. The summed E-state index contributed by atoms with van der Waals surface area (Å²) in [5, 5.41) is 18.1. The summed E-state index contributed by atoms with van der Waals surface area (Å²) >= 11 is 0. The molecule has 0 spiro atoms. The van der Waals surface area contributed by atoms with E-state index in [1.165, 1.54) is 6.92 Å². The molecule has 96 valence electrons. The lowest BCUT2D eigenvalue weighted by Crippen LogP contribution is -2.33. The fourth-order valence-electron chi connectivity index (χ4n) is 1.74. The minimum Gasteiger partial charge on any atom is -0.395 e. The van der Waals surface area contributed by atoms with Gasteiger partial charge in [-0.05, 0) is 18.1 Å². The Balaban J connectivity index is 3.11. The molecule has 0 unspecified atom stereocenters. The molecule has 0 heterocycles. The molecule has 1 aromatic rings. The fraction of sp³-hybridized carbons (Fsp3) is 0.500. The van der Waals surface area contributed by atoms with Crippen LogP contribution >= 0.6 is 0 Å². The Morgan fingerprint density at radius 1 is 1.29 bits per heavy atom. The zero-order chi connectivity index (χ0) is 13.1.